The third kappa shape index (κ3) is 3.04. The number of amides is 1. The molecule has 0 unspecified atom stereocenters. The Bertz CT molecular complexity index is 429. The second kappa shape index (κ2) is 4.30. The lowest BCUT2D eigenvalue weighted by atomic mass is 10.2. The number of nitrogens with one attached hydrogen (secondary N) is 1. The molecule has 0 aliphatic heterocycles. The molecule has 1 aromatic rings. The van der Waals surface area contributed by atoms with E-state index in [4.69, 9.17) is 0 Å². The zero-order valence-electron chi connectivity index (χ0n) is 8.13. The Labute approximate surface area is 88.5 Å². The minimum absolute atomic E-state index is 0.114. The van der Waals surface area contributed by atoms with Crippen molar-refractivity contribution in [1.29, 1.82) is 0 Å². The molecule has 0 fully saturated rings. The molecular weight excluding hydrogens is 225 g/mol. The van der Waals surface area contributed by atoms with Crippen LogP contribution in [-0.2, 0) is 11.0 Å². The molecule has 1 N–H and O–H groups in total. The number of carbonyl (C=O) groups excluding carboxylic acids is 2. The number of rotatable bonds is 2. The van der Waals surface area contributed by atoms with Gasteiger partial charge >= 0.3 is 6.18 Å². The number of pyridine rings is 1. The maximum Gasteiger partial charge on any atom is 0.433 e. The summed E-state index contributed by atoms with van der Waals surface area (Å²) < 4.78 is 37.0. The first-order valence-electron chi connectivity index (χ1n) is 4.15. The highest BCUT2D eigenvalue weighted by Gasteiger charge is 2.33. The first-order chi connectivity index (χ1) is 7.32. The Hall–Kier alpha value is -1.92. The monoisotopic (exact) mass is 232 g/mol. The van der Waals surface area contributed by atoms with Gasteiger partial charge in [-0.2, -0.15) is 13.2 Å². The topological polar surface area (TPSA) is 59.1 Å². The number of hydrogen-bond acceptors (Lipinski definition) is 3. The largest absolute Gasteiger partial charge is 0.433 e. The second-order valence-corrected chi connectivity index (χ2v) is 2.96. The zero-order valence-corrected chi connectivity index (χ0v) is 8.13. The van der Waals surface area contributed by atoms with Gasteiger partial charge in [-0.15, -0.1) is 0 Å². The van der Waals surface area contributed by atoms with E-state index in [9.17, 15) is 22.8 Å². The number of anilines is 1. The molecule has 0 saturated heterocycles. The van der Waals surface area contributed by atoms with Gasteiger partial charge in [-0.1, -0.05) is 0 Å². The van der Waals surface area contributed by atoms with Crippen LogP contribution >= 0.6 is 0 Å². The number of hydrogen-bond donors (Lipinski definition) is 1. The van der Waals surface area contributed by atoms with Crippen LogP contribution in [0.1, 0.15) is 23.1 Å². The summed E-state index contributed by atoms with van der Waals surface area (Å²) in [6.45, 7) is 1.15. The van der Waals surface area contributed by atoms with Gasteiger partial charge in [0.2, 0.25) is 5.91 Å². The fraction of sp³-hybridized carbons (Fsp3) is 0.222. The van der Waals surface area contributed by atoms with Crippen molar-refractivity contribution < 1.29 is 22.8 Å². The fourth-order valence-corrected chi connectivity index (χ4v) is 1.03. The number of alkyl halides is 3. The fourth-order valence-electron chi connectivity index (χ4n) is 1.03. The normalized spacial score (nSPS) is 11.0. The van der Waals surface area contributed by atoms with Crippen molar-refractivity contribution in [2.24, 2.45) is 0 Å². The molecule has 0 saturated carbocycles. The molecule has 0 aliphatic rings. The molecule has 1 rings (SSSR count). The zero-order chi connectivity index (χ0) is 12.3. The smallest absolute Gasteiger partial charge is 0.326 e. The number of aromatic nitrogens is 1. The standard InChI is InChI=1S/C9H7F3N2O2/c1-5(16)13-6-2-7(4-15)14-8(3-6)9(10,11)12/h2-4H,1H3,(H,13,14,16). The predicted molar refractivity (Wildman–Crippen MR) is 48.9 cm³/mol. The van der Waals surface area contributed by atoms with Gasteiger partial charge in [0.15, 0.2) is 6.29 Å². The summed E-state index contributed by atoms with van der Waals surface area (Å²) in [5, 5.41) is 2.15. The highest BCUT2D eigenvalue weighted by molar-refractivity contribution is 5.89. The molecule has 0 bridgehead atoms. The molecule has 16 heavy (non-hydrogen) atoms. The summed E-state index contributed by atoms with van der Waals surface area (Å²) >= 11 is 0. The molecular formula is C9H7F3N2O2. The van der Waals surface area contributed by atoms with Crippen LogP contribution in [0.5, 0.6) is 0 Å². The summed E-state index contributed by atoms with van der Waals surface area (Å²) in [7, 11) is 0. The summed E-state index contributed by atoms with van der Waals surface area (Å²) in [4.78, 5) is 24.1. The number of carbonyl (C=O) groups is 2. The van der Waals surface area contributed by atoms with Gasteiger partial charge in [0, 0.05) is 12.6 Å². The highest BCUT2D eigenvalue weighted by Crippen LogP contribution is 2.29. The summed E-state index contributed by atoms with van der Waals surface area (Å²) in [6, 6.07) is 1.72. The van der Waals surface area contributed by atoms with E-state index < -0.39 is 23.5 Å². The second-order valence-electron chi connectivity index (χ2n) is 2.96. The number of aldehydes is 1. The van der Waals surface area contributed by atoms with Gasteiger partial charge in [-0.3, -0.25) is 9.59 Å². The van der Waals surface area contributed by atoms with E-state index in [1.54, 1.807) is 0 Å². The number of halogens is 3. The molecule has 0 aromatic carbocycles. The molecule has 4 nitrogen and oxygen atoms in total. The van der Waals surface area contributed by atoms with Gasteiger partial charge in [0.25, 0.3) is 0 Å². The Balaban J connectivity index is 3.21. The average Bonchev–Trinajstić information content (AvgIpc) is 2.14. The molecule has 1 aromatic heterocycles. The third-order valence-electron chi connectivity index (χ3n) is 1.58. The Morgan fingerprint density at radius 2 is 2.06 bits per heavy atom. The van der Waals surface area contributed by atoms with Crippen LogP contribution in [0.4, 0.5) is 18.9 Å². The van der Waals surface area contributed by atoms with E-state index in [2.05, 4.69) is 10.3 Å². The molecule has 0 aliphatic carbocycles. The van der Waals surface area contributed by atoms with Crippen LogP contribution < -0.4 is 5.32 Å². The molecule has 0 spiro atoms. The molecule has 7 heteroatoms. The quantitative estimate of drug-likeness (QED) is 0.792. The minimum atomic E-state index is -4.66. The van der Waals surface area contributed by atoms with Gasteiger partial charge in [0.05, 0.1) is 0 Å². The lowest BCUT2D eigenvalue weighted by molar-refractivity contribution is -0.141. The molecule has 1 amide bonds. The maximum atomic E-state index is 12.3. The summed E-state index contributed by atoms with van der Waals surface area (Å²) in [6.07, 6.45) is -4.48. The van der Waals surface area contributed by atoms with Gasteiger partial charge in [0.1, 0.15) is 11.4 Å². The van der Waals surface area contributed by atoms with Crippen molar-refractivity contribution in [2.75, 3.05) is 5.32 Å². The first-order valence-corrected chi connectivity index (χ1v) is 4.15. The molecule has 1 heterocycles. The van der Waals surface area contributed by atoms with Gasteiger partial charge < -0.3 is 5.32 Å². The van der Waals surface area contributed by atoms with E-state index >= 15 is 0 Å². The minimum Gasteiger partial charge on any atom is -0.326 e. The van der Waals surface area contributed by atoms with Crippen molar-refractivity contribution in [1.82, 2.24) is 4.98 Å². The SMILES string of the molecule is CC(=O)Nc1cc(C=O)nc(C(F)(F)F)c1. The van der Waals surface area contributed by atoms with Gasteiger partial charge in [-0.25, -0.2) is 4.98 Å². The van der Waals surface area contributed by atoms with Crippen LogP contribution in [0.2, 0.25) is 0 Å². The predicted octanol–water partition coefficient (Wildman–Crippen LogP) is 1.87. The van der Waals surface area contributed by atoms with E-state index in [1.165, 1.54) is 0 Å². The van der Waals surface area contributed by atoms with Crippen molar-refractivity contribution in [3.05, 3.63) is 23.5 Å². The van der Waals surface area contributed by atoms with Crippen LogP contribution in [0.3, 0.4) is 0 Å². The Kier molecular flexibility index (Phi) is 3.26. The Morgan fingerprint density at radius 1 is 1.44 bits per heavy atom. The molecule has 0 radical (unpaired) electrons. The van der Waals surface area contributed by atoms with Crippen molar-refractivity contribution in [3.63, 3.8) is 0 Å². The van der Waals surface area contributed by atoms with Crippen molar-refractivity contribution in [3.8, 4) is 0 Å². The first kappa shape index (κ1) is 12.2. The van der Waals surface area contributed by atoms with Gasteiger partial charge in [-0.05, 0) is 12.1 Å². The van der Waals surface area contributed by atoms with E-state index in [0.29, 0.717) is 6.07 Å². The van der Waals surface area contributed by atoms with E-state index in [1.807, 2.05) is 0 Å². The number of nitrogens with zero attached hydrogens (tertiary/aromatic N) is 1. The van der Waals surface area contributed by atoms with Crippen LogP contribution in [0.15, 0.2) is 12.1 Å². The van der Waals surface area contributed by atoms with Crippen LogP contribution in [0, 0.1) is 0 Å². The van der Waals surface area contributed by atoms with E-state index in [-0.39, 0.29) is 12.0 Å². The Morgan fingerprint density at radius 3 is 2.50 bits per heavy atom. The van der Waals surface area contributed by atoms with Crippen molar-refractivity contribution in [2.45, 2.75) is 13.1 Å². The highest BCUT2D eigenvalue weighted by atomic mass is 19.4. The van der Waals surface area contributed by atoms with Crippen LogP contribution in [0.25, 0.3) is 0 Å². The lowest BCUT2D eigenvalue weighted by Crippen LogP contribution is -2.12. The maximum absolute atomic E-state index is 12.3. The molecule has 86 valence electrons. The summed E-state index contributed by atoms with van der Waals surface area (Å²) in [5.74, 6) is -0.531. The molecule has 0 atom stereocenters. The summed E-state index contributed by atoms with van der Waals surface area (Å²) in [5.41, 5.74) is -1.73. The average molecular weight is 232 g/mol. The van der Waals surface area contributed by atoms with E-state index in [0.717, 1.165) is 13.0 Å². The lowest BCUT2D eigenvalue weighted by Gasteiger charge is -2.09. The van der Waals surface area contributed by atoms with Crippen molar-refractivity contribution >= 4 is 17.9 Å². The van der Waals surface area contributed by atoms with Crippen LogP contribution in [-0.4, -0.2) is 17.2 Å². The third-order valence-corrected chi connectivity index (χ3v) is 1.58.